The van der Waals surface area contributed by atoms with Gasteiger partial charge in [0.2, 0.25) is 5.89 Å². The van der Waals surface area contributed by atoms with E-state index in [0.29, 0.717) is 24.4 Å². The van der Waals surface area contributed by atoms with Crippen LogP contribution in [0.5, 0.6) is 0 Å². The third-order valence-electron chi connectivity index (χ3n) is 5.37. The molecule has 1 atom stereocenters. The van der Waals surface area contributed by atoms with Crippen LogP contribution in [0.25, 0.3) is 11.5 Å². The van der Waals surface area contributed by atoms with Crippen molar-refractivity contribution < 1.29 is 4.42 Å². The summed E-state index contributed by atoms with van der Waals surface area (Å²) in [6.07, 6.45) is 4.33. The maximum Gasteiger partial charge on any atom is 0.226 e. The zero-order chi connectivity index (χ0) is 19.9. The number of guanidine groups is 1. The van der Waals surface area contributed by atoms with E-state index in [1.165, 1.54) is 31.5 Å². The van der Waals surface area contributed by atoms with E-state index >= 15 is 0 Å². The fraction of sp³-hybridized carbons (Fsp3) is 0.545. The summed E-state index contributed by atoms with van der Waals surface area (Å²) in [6, 6.07) is 8.72. The maximum atomic E-state index is 5.64. The number of benzene rings is 1. The number of rotatable bonds is 7. The third kappa shape index (κ3) is 5.35. The summed E-state index contributed by atoms with van der Waals surface area (Å²) in [5, 5.41) is 6.82. The standard InChI is InChI=1S/C22H33N5O/c1-16(2)20(27-11-5-6-12-27)14-25-22(23-4)24-13-19-15-28-21(26-19)18-9-7-17(3)8-10-18/h7-10,15-16,20H,5-6,11-14H2,1-4H3,(H2,23,24,25). The van der Waals surface area contributed by atoms with Gasteiger partial charge in [0.15, 0.2) is 5.96 Å². The lowest BCUT2D eigenvalue weighted by molar-refractivity contribution is 0.192. The van der Waals surface area contributed by atoms with E-state index in [1.54, 1.807) is 13.3 Å². The molecule has 2 aromatic rings. The molecular formula is C22H33N5O. The van der Waals surface area contributed by atoms with Crippen molar-refractivity contribution in [2.24, 2.45) is 10.9 Å². The Morgan fingerprint density at radius 2 is 1.89 bits per heavy atom. The molecule has 2 N–H and O–H groups in total. The number of aromatic nitrogens is 1. The van der Waals surface area contributed by atoms with E-state index in [0.717, 1.165) is 23.8 Å². The van der Waals surface area contributed by atoms with Crippen LogP contribution in [0.2, 0.25) is 0 Å². The second kappa shape index (κ2) is 9.73. The monoisotopic (exact) mass is 383 g/mol. The SMILES string of the molecule is CN=C(NCc1coc(-c2ccc(C)cc2)n1)NCC(C(C)C)N1CCCC1. The van der Waals surface area contributed by atoms with Crippen LogP contribution in [0.15, 0.2) is 39.9 Å². The van der Waals surface area contributed by atoms with E-state index in [9.17, 15) is 0 Å². The van der Waals surface area contributed by atoms with Gasteiger partial charge < -0.3 is 15.1 Å². The number of hydrogen-bond donors (Lipinski definition) is 2. The smallest absolute Gasteiger partial charge is 0.226 e. The summed E-state index contributed by atoms with van der Waals surface area (Å²) >= 11 is 0. The molecule has 1 unspecified atom stereocenters. The summed E-state index contributed by atoms with van der Waals surface area (Å²) in [7, 11) is 1.80. The third-order valence-corrected chi connectivity index (χ3v) is 5.37. The van der Waals surface area contributed by atoms with Crippen LogP contribution in [-0.4, -0.2) is 48.6 Å². The number of nitrogens with one attached hydrogen (secondary N) is 2. The Hall–Kier alpha value is -2.34. The minimum Gasteiger partial charge on any atom is -0.444 e. The maximum absolute atomic E-state index is 5.64. The van der Waals surface area contributed by atoms with Crippen molar-refractivity contribution in [1.82, 2.24) is 20.5 Å². The molecule has 1 aliphatic heterocycles. The minimum atomic E-state index is 0.529. The largest absolute Gasteiger partial charge is 0.444 e. The molecule has 3 rings (SSSR count). The van der Waals surface area contributed by atoms with Crippen molar-refractivity contribution in [1.29, 1.82) is 0 Å². The Kier molecular flexibility index (Phi) is 7.09. The van der Waals surface area contributed by atoms with Crippen LogP contribution >= 0.6 is 0 Å². The number of oxazole rings is 1. The van der Waals surface area contributed by atoms with Crippen molar-refractivity contribution >= 4 is 5.96 Å². The van der Waals surface area contributed by atoms with Crippen LogP contribution in [0, 0.1) is 12.8 Å². The lowest BCUT2D eigenvalue weighted by Crippen LogP contribution is -2.48. The van der Waals surface area contributed by atoms with Crippen molar-refractivity contribution in [2.75, 3.05) is 26.7 Å². The highest BCUT2D eigenvalue weighted by Crippen LogP contribution is 2.19. The fourth-order valence-corrected chi connectivity index (χ4v) is 3.67. The minimum absolute atomic E-state index is 0.529. The molecule has 0 saturated carbocycles. The molecular weight excluding hydrogens is 350 g/mol. The van der Waals surface area contributed by atoms with Crippen LogP contribution in [0.3, 0.4) is 0 Å². The first-order valence-corrected chi connectivity index (χ1v) is 10.3. The molecule has 0 bridgehead atoms. The van der Waals surface area contributed by atoms with Crippen LogP contribution < -0.4 is 10.6 Å². The molecule has 6 nitrogen and oxygen atoms in total. The number of aryl methyl sites for hydroxylation is 1. The normalized spacial score (nSPS) is 16.5. The highest BCUT2D eigenvalue weighted by atomic mass is 16.3. The van der Waals surface area contributed by atoms with Gasteiger partial charge in [-0.05, 0) is 50.9 Å². The number of hydrogen-bond acceptors (Lipinski definition) is 4. The van der Waals surface area contributed by atoms with Crippen molar-refractivity contribution in [3.8, 4) is 11.5 Å². The summed E-state index contributed by atoms with van der Waals surface area (Å²) in [4.78, 5) is 11.5. The predicted molar refractivity (Wildman–Crippen MR) is 114 cm³/mol. The number of nitrogens with zero attached hydrogens (tertiary/aromatic N) is 3. The van der Waals surface area contributed by atoms with Gasteiger partial charge in [-0.15, -0.1) is 0 Å². The van der Waals surface area contributed by atoms with E-state index in [2.05, 4.69) is 58.4 Å². The molecule has 1 aliphatic rings. The molecule has 2 heterocycles. The van der Waals surface area contributed by atoms with Gasteiger partial charge in [0.25, 0.3) is 0 Å². The summed E-state index contributed by atoms with van der Waals surface area (Å²) < 4.78 is 5.64. The average molecular weight is 384 g/mol. The van der Waals surface area contributed by atoms with E-state index in [-0.39, 0.29) is 0 Å². The first-order valence-electron chi connectivity index (χ1n) is 10.3. The van der Waals surface area contributed by atoms with Gasteiger partial charge in [0, 0.05) is 25.2 Å². The van der Waals surface area contributed by atoms with Crippen molar-refractivity contribution in [2.45, 2.75) is 46.2 Å². The van der Waals surface area contributed by atoms with Crippen molar-refractivity contribution in [3.63, 3.8) is 0 Å². The molecule has 1 aromatic heterocycles. The first-order chi connectivity index (χ1) is 13.6. The molecule has 0 aliphatic carbocycles. The highest BCUT2D eigenvalue weighted by molar-refractivity contribution is 5.79. The molecule has 28 heavy (non-hydrogen) atoms. The summed E-state index contributed by atoms with van der Waals surface area (Å²) in [5.74, 6) is 2.05. The second-order valence-corrected chi connectivity index (χ2v) is 7.87. The number of likely N-dealkylation sites (tertiary alicyclic amines) is 1. The van der Waals surface area contributed by atoms with Gasteiger partial charge in [0.1, 0.15) is 6.26 Å². The Balaban J connectivity index is 1.52. The zero-order valence-corrected chi connectivity index (χ0v) is 17.5. The molecule has 0 amide bonds. The fourth-order valence-electron chi connectivity index (χ4n) is 3.67. The molecule has 1 aromatic carbocycles. The Morgan fingerprint density at radius 3 is 2.54 bits per heavy atom. The lowest BCUT2D eigenvalue weighted by Gasteiger charge is -2.31. The highest BCUT2D eigenvalue weighted by Gasteiger charge is 2.24. The van der Waals surface area contributed by atoms with Gasteiger partial charge in [-0.2, -0.15) is 0 Å². The van der Waals surface area contributed by atoms with Crippen LogP contribution in [0.4, 0.5) is 0 Å². The Morgan fingerprint density at radius 1 is 1.18 bits per heavy atom. The van der Waals surface area contributed by atoms with Gasteiger partial charge in [-0.1, -0.05) is 31.5 Å². The molecule has 1 saturated heterocycles. The molecule has 0 spiro atoms. The van der Waals surface area contributed by atoms with Gasteiger partial charge in [-0.3, -0.25) is 9.89 Å². The molecule has 6 heteroatoms. The summed E-state index contributed by atoms with van der Waals surface area (Å²) in [6.45, 7) is 10.5. The van der Waals surface area contributed by atoms with Crippen LogP contribution in [0.1, 0.15) is 37.9 Å². The Labute approximate surface area is 168 Å². The average Bonchev–Trinajstić information content (AvgIpc) is 3.37. The molecule has 0 radical (unpaired) electrons. The molecule has 152 valence electrons. The molecule has 1 fully saturated rings. The lowest BCUT2D eigenvalue weighted by atomic mass is 10.0. The predicted octanol–water partition coefficient (Wildman–Crippen LogP) is 3.44. The van der Waals surface area contributed by atoms with Gasteiger partial charge in [-0.25, -0.2) is 4.98 Å². The van der Waals surface area contributed by atoms with Gasteiger partial charge >= 0.3 is 0 Å². The van der Waals surface area contributed by atoms with Crippen molar-refractivity contribution in [3.05, 3.63) is 41.8 Å². The first kappa shape index (κ1) is 20.4. The quantitative estimate of drug-likeness (QED) is 0.566. The zero-order valence-electron chi connectivity index (χ0n) is 17.5. The summed E-state index contributed by atoms with van der Waals surface area (Å²) in [5.41, 5.74) is 3.07. The van der Waals surface area contributed by atoms with E-state index in [4.69, 9.17) is 4.42 Å². The number of aliphatic imine (C=N–C) groups is 1. The van der Waals surface area contributed by atoms with E-state index in [1.807, 2.05) is 12.1 Å². The second-order valence-electron chi connectivity index (χ2n) is 7.87. The van der Waals surface area contributed by atoms with E-state index < -0.39 is 0 Å². The Bertz CT molecular complexity index is 759. The van der Waals surface area contributed by atoms with Crippen LogP contribution in [-0.2, 0) is 6.54 Å². The van der Waals surface area contributed by atoms with Gasteiger partial charge in [0.05, 0.1) is 12.2 Å². The topological polar surface area (TPSA) is 65.7 Å².